The zero-order valence-electron chi connectivity index (χ0n) is 11.7. The predicted molar refractivity (Wildman–Crippen MR) is 80.9 cm³/mol. The standard InChI is InChI=1S/C16H23NOS/c1-16(6-8-18-9-7-16)12-17-10-13-11-19-15-5-3-2-4-14(13)15/h2-5,13,17H,6-12H2,1H3. The van der Waals surface area contributed by atoms with Crippen molar-refractivity contribution < 1.29 is 4.74 Å². The van der Waals surface area contributed by atoms with Crippen LogP contribution >= 0.6 is 11.8 Å². The van der Waals surface area contributed by atoms with Gasteiger partial charge in [0.15, 0.2) is 0 Å². The van der Waals surface area contributed by atoms with Gasteiger partial charge in [0.1, 0.15) is 0 Å². The lowest BCUT2D eigenvalue weighted by atomic mass is 9.82. The van der Waals surface area contributed by atoms with Gasteiger partial charge in [0.25, 0.3) is 0 Å². The molecule has 2 aliphatic heterocycles. The number of hydrogen-bond donors (Lipinski definition) is 1. The van der Waals surface area contributed by atoms with Gasteiger partial charge < -0.3 is 10.1 Å². The molecule has 0 radical (unpaired) electrons. The summed E-state index contributed by atoms with van der Waals surface area (Å²) in [6.07, 6.45) is 2.38. The topological polar surface area (TPSA) is 21.3 Å². The molecule has 0 bridgehead atoms. The SMILES string of the molecule is CC1(CNCC2CSc3ccccc32)CCOCC1. The molecule has 19 heavy (non-hydrogen) atoms. The maximum atomic E-state index is 5.46. The van der Waals surface area contributed by atoms with Gasteiger partial charge in [-0.1, -0.05) is 25.1 Å². The van der Waals surface area contributed by atoms with E-state index in [2.05, 4.69) is 36.5 Å². The smallest absolute Gasteiger partial charge is 0.0471 e. The number of benzene rings is 1. The van der Waals surface area contributed by atoms with Crippen LogP contribution in [0.4, 0.5) is 0 Å². The lowest BCUT2D eigenvalue weighted by molar-refractivity contribution is 0.0241. The Morgan fingerprint density at radius 3 is 2.95 bits per heavy atom. The highest BCUT2D eigenvalue weighted by molar-refractivity contribution is 7.99. The first-order valence-electron chi connectivity index (χ1n) is 7.27. The van der Waals surface area contributed by atoms with Crippen molar-refractivity contribution in [2.75, 3.05) is 32.1 Å². The molecule has 1 fully saturated rings. The van der Waals surface area contributed by atoms with Crippen molar-refractivity contribution in [2.45, 2.75) is 30.6 Å². The van der Waals surface area contributed by atoms with Crippen LogP contribution in [0, 0.1) is 5.41 Å². The first-order chi connectivity index (χ1) is 9.27. The molecule has 2 nitrogen and oxygen atoms in total. The van der Waals surface area contributed by atoms with Crippen molar-refractivity contribution in [3.63, 3.8) is 0 Å². The molecule has 0 spiro atoms. The van der Waals surface area contributed by atoms with Gasteiger partial charge in [0, 0.05) is 42.9 Å². The largest absolute Gasteiger partial charge is 0.381 e. The molecule has 1 aromatic rings. The Hall–Kier alpha value is -0.510. The molecule has 0 saturated carbocycles. The third kappa shape index (κ3) is 3.15. The Bertz CT molecular complexity index is 429. The van der Waals surface area contributed by atoms with Crippen molar-refractivity contribution in [2.24, 2.45) is 5.41 Å². The minimum absolute atomic E-state index is 0.434. The Morgan fingerprint density at radius 2 is 2.11 bits per heavy atom. The van der Waals surface area contributed by atoms with E-state index in [1.807, 2.05) is 11.8 Å². The van der Waals surface area contributed by atoms with Crippen LogP contribution in [0.5, 0.6) is 0 Å². The summed E-state index contributed by atoms with van der Waals surface area (Å²) in [4.78, 5) is 1.48. The number of nitrogens with one attached hydrogen (secondary N) is 1. The number of rotatable bonds is 4. The van der Waals surface area contributed by atoms with Gasteiger partial charge in [-0.25, -0.2) is 0 Å². The monoisotopic (exact) mass is 277 g/mol. The van der Waals surface area contributed by atoms with Gasteiger partial charge in [0.05, 0.1) is 0 Å². The summed E-state index contributed by atoms with van der Waals surface area (Å²) in [5.41, 5.74) is 1.97. The van der Waals surface area contributed by atoms with E-state index in [0.29, 0.717) is 11.3 Å². The maximum Gasteiger partial charge on any atom is 0.0471 e. The predicted octanol–water partition coefficient (Wildman–Crippen LogP) is 3.28. The summed E-state index contributed by atoms with van der Waals surface area (Å²) in [6.45, 7) is 6.49. The van der Waals surface area contributed by atoms with Crippen LogP contribution in [-0.4, -0.2) is 32.1 Å². The van der Waals surface area contributed by atoms with E-state index in [0.717, 1.165) is 26.3 Å². The van der Waals surface area contributed by atoms with Gasteiger partial charge >= 0.3 is 0 Å². The molecule has 3 heteroatoms. The fraction of sp³-hybridized carbons (Fsp3) is 0.625. The molecule has 1 N–H and O–H groups in total. The van der Waals surface area contributed by atoms with Crippen LogP contribution in [0.3, 0.4) is 0 Å². The molecule has 1 atom stereocenters. The van der Waals surface area contributed by atoms with E-state index in [1.54, 1.807) is 0 Å². The van der Waals surface area contributed by atoms with E-state index < -0.39 is 0 Å². The van der Waals surface area contributed by atoms with Gasteiger partial charge in [0.2, 0.25) is 0 Å². The van der Waals surface area contributed by atoms with Crippen LogP contribution < -0.4 is 5.32 Å². The molecule has 0 aromatic heterocycles. The van der Waals surface area contributed by atoms with Gasteiger partial charge in [-0.3, -0.25) is 0 Å². The first kappa shape index (κ1) is 13.5. The summed E-state index contributed by atoms with van der Waals surface area (Å²) >= 11 is 2.00. The molecule has 2 heterocycles. The van der Waals surface area contributed by atoms with Crippen LogP contribution in [0.15, 0.2) is 29.2 Å². The molecule has 1 saturated heterocycles. The van der Waals surface area contributed by atoms with Gasteiger partial charge in [-0.15, -0.1) is 11.8 Å². The second-order valence-corrected chi connectivity index (χ2v) is 7.16. The quantitative estimate of drug-likeness (QED) is 0.912. The third-order valence-electron chi connectivity index (χ3n) is 4.44. The minimum atomic E-state index is 0.434. The molecule has 0 aliphatic carbocycles. The fourth-order valence-corrected chi connectivity index (χ4v) is 4.24. The zero-order valence-corrected chi connectivity index (χ0v) is 12.5. The third-order valence-corrected chi connectivity index (χ3v) is 5.69. The van der Waals surface area contributed by atoms with E-state index in [9.17, 15) is 0 Å². The van der Waals surface area contributed by atoms with E-state index in [1.165, 1.54) is 29.1 Å². The van der Waals surface area contributed by atoms with Gasteiger partial charge in [-0.05, 0) is 29.9 Å². The molecular weight excluding hydrogens is 254 g/mol. The molecular formula is C16H23NOS. The average molecular weight is 277 g/mol. The van der Waals surface area contributed by atoms with Crippen molar-refractivity contribution in [3.8, 4) is 0 Å². The van der Waals surface area contributed by atoms with E-state index in [4.69, 9.17) is 4.74 Å². The second kappa shape index (κ2) is 5.86. The molecule has 1 unspecified atom stereocenters. The minimum Gasteiger partial charge on any atom is -0.381 e. The summed E-state index contributed by atoms with van der Waals surface area (Å²) in [5, 5.41) is 3.71. The summed E-state index contributed by atoms with van der Waals surface area (Å²) in [7, 11) is 0. The number of fused-ring (bicyclic) bond motifs is 1. The normalized spacial score (nSPS) is 25.2. The summed E-state index contributed by atoms with van der Waals surface area (Å²) < 4.78 is 5.46. The van der Waals surface area contributed by atoms with Crippen LogP contribution in [0.2, 0.25) is 0 Å². The van der Waals surface area contributed by atoms with Crippen LogP contribution in [-0.2, 0) is 4.74 Å². The van der Waals surface area contributed by atoms with E-state index in [-0.39, 0.29) is 0 Å². The summed E-state index contributed by atoms with van der Waals surface area (Å²) in [5.74, 6) is 1.91. The Morgan fingerprint density at radius 1 is 1.32 bits per heavy atom. The first-order valence-corrected chi connectivity index (χ1v) is 8.26. The van der Waals surface area contributed by atoms with E-state index >= 15 is 0 Å². The number of ether oxygens (including phenoxy) is 1. The number of thioether (sulfide) groups is 1. The van der Waals surface area contributed by atoms with Crippen molar-refractivity contribution in [1.29, 1.82) is 0 Å². The maximum absolute atomic E-state index is 5.46. The Balaban J connectivity index is 1.51. The van der Waals surface area contributed by atoms with Crippen molar-refractivity contribution >= 4 is 11.8 Å². The van der Waals surface area contributed by atoms with Crippen molar-refractivity contribution in [1.82, 2.24) is 5.32 Å². The Labute approximate surface area is 120 Å². The second-order valence-electron chi connectivity index (χ2n) is 6.10. The van der Waals surface area contributed by atoms with Crippen LogP contribution in [0.1, 0.15) is 31.2 Å². The lowest BCUT2D eigenvalue weighted by Gasteiger charge is -2.34. The average Bonchev–Trinajstić information content (AvgIpc) is 2.83. The zero-order chi connectivity index (χ0) is 13.1. The molecule has 3 rings (SSSR count). The van der Waals surface area contributed by atoms with Crippen molar-refractivity contribution in [3.05, 3.63) is 29.8 Å². The molecule has 2 aliphatic rings. The van der Waals surface area contributed by atoms with Gasteiger partial charge in [-0.2, -0.15) is 0 Å². The number of hydrogen-bond acceptors (Lipinski definition) is 3. The lowest BCUT2D eigenvalue weighted by Crippen LogP contribution is -2.38. The fourth-order valence-electron chi connectivity index (χ4n) is 2.99. The highest BCUT2D eigenvalue weighted by Gasteiger charge is 2.28. The highest BCUT2D eigenvalue weighted by Crippen LogP contribution is 2.39. The molecule has 104 valence electrons. The highest BCUT2D eigenvalue weighted by atomic mass is 32.2. The van der Waals surface area contributed by atoms with Crippen LogP contribution in [0.25, 0.3) is 0 Å². The summed E-state index contributed by atoms with van der Waals surface area (Å²) in [6, 6.07) is 8.85. The molecule has 0 amide bonds. The Kier molecular flexibility index (Phi) is 4.15. The molecule has 1 aromatic carbocycles.